The molecule has 1 N–H and O–H groups in total. The van der Waals surface area contributed by atoms with Crippen LogP contribution in [0.1, 0.15) is 12.5 Å². The average molecular weight is 307 g/mol. The zero-order valence-corrected chi connectivity index (χ0v) is 11.8. The molecule has 1 heterocycles. The maximum atomic E-state index is 11.4. The quantitative estimate of drug-likeness (QED) is 0.941. The highest BCUT2D eigenvalue weighted by atomic mass is 79.9. The van der Waals surface area contributed by atoms with E-state index in [0.717, 1.165) is 16.7 Å². The molecular weight excluding hydrogens is 292 g/mol. The van der Waals surface area contributed by atoms with Gasteiger partial charge in [0.1, 0.15) is 0 Å². The Morgan fingerprint density at radius 2 is 1.89 bits per heavy atom. The van der Waals surface area contributed by atoms with Gasteiger partial charge in [-0.3, -0.25) is 4.79 Å². The molecule has 0 radical (unpaired) electrons. The summed E-state index contributed by atoms with van der Waals surface area (Å²) in [5, 5.41) is 3.31. The molecular formula is C14H15BrN2O. The molecule has 1 aromatic heterocycles. The van der Waals surface area contributed by atoms with Crippen LogP contribution < -0.4 is 10.9 Å². The molecule has 0 aliphatic rings. The predicted molar refractivity (Wildman–Crippen MR) is 77.8 cm³/mol. The van der Waals surface area contributed by atoms with E-state index in [1.54, 1.807) is 10.6 Å². The van der Waals surface area contributed by atoms with E-state index in [0.29, 0.717) is 6.54 Å². The second kappa shape index (κ2) is 5.87. The lowest BCUT2D eigenvalue weighted by Gasteiger charge is -2.09. The first kappa shape index (κ1) is 12.9. The Labute approximate surface area is 115 Å². The van der Waals surface area contributed by atoms with Gasteiger partial charge in [-0.1, -0.05) is 28.1 Å². The van der Waals surface area contributed by atoms with Crippen molar-refractivity contribution in [2.24, 2.45) is 0 Å². The Kier molecular flexibility index (Phi) is 4.20. The largest absolute Gasteiger partial charge is 0.380 e. The lowest BCUT2D eigenvalue weighted by atomic mass is 10.2. The fourth-order valence-electron chi connectivity index (χ4n) is 1.69. The van der Waals surface area contributed by atoms with E-state index in [-0.39, 0.29) is 5.56 Å². The van der Waals surface area contributed by atoms with Crippen LogP contribution in [0.5, 0.6) is 0 Å². The highest BCUT2D eigenvalue weighted by molar-refractivity contribution is 9.10. The number of anilines is 1. The lowest BCUT2D eigenvalue weighted by Crippen LogP contribution is -2.17. The molecule has 0 aliphatic carbocycles. The van der Waals surface area contributed by atoms with Gasteiger partial charge in [0, 0.05) is 29.8 Å². The van der Waals surface area contributed by atoms with Gasteiger partial charge in [0.05, 0.1) is 5.69 Å². The van der Waals surface area contributed by atoms with Gasteiger partial charge in [-0.15, -0.1) is 0 Å². The molecule has 0 amide bonds. The third kappa shape index (κ3) is 3.23. The second-order valence-electron chi connectivity index (χ2n) is 4.02. The Morgan fingerprint density at radius 1 is 1.17 bits per heavy atom. The van der Waals surface area contributed by atoms with E-state index < -0.39 is 0 Å². The second-order valence-corrected chi connectivity index (χ2v) is 4.94. The van der Waals surface area contributed by atoms with Crippen LogP contribution in [-0.4, -0.2) is 4.57 Å². The van der Waals surface area contributed by atoms with Crippen LogP contribution >= 0.6 is 15.9 Å². The molecule has 1 aromatic carbocycles. The zero-order chi connectivity index (χ0) is 13.0. The molecule has 18 heavy (non-hydrogen) atoms. The molecule has 0 bridgehead atoms. The van der Waals surface area contributed by atoms with Crippen LogP contribution in [0.2, 0.25) is 0 Å². The summed E-state index contributed by atoms with van der Waals surface area (Å²) in [5.41, 5.74) is 2.19. The maximum Gasteiger partial charge on any atom is 0.250 e. The van der Waals surface area contributed by atoms with E-state index in [1.165, 1.54) is 5.56 Å². The minimum atomic E-state index is 0.0340. The van der Waals surface area contributed by atoms with Crippen molar-refractivity contribution in [3.63, 3.8) is 0 Å². The van der Waals surface area contributed by atoms with E-state index in [9.17, 15) is 4.79 Å². The van der Waals surface area contributed by atoms with Crippen molar-refractivity contribution in [2.75, 3.05) is 5.32 Å². The number of aromatic nitrogens is 1. The van der Waals surface area contributed by atoms with E-state index in [2.05, 4.69) is 33.4 Å². The van der Waals surface area contributed by atoms with Crippen molar-refractivity contribution < 1.29 is 0 Å². The summed E-state index contributed by atoms with van der Waals surface area (Å²) in [6, 6.07) is 11.6. The van der Waals surface area contributed by atoms with Gasteiger partial charge in [0.2, 0.25) is 0 Å². The van der Waals surface area contributed by atoms with Gasteiger partial charge in [-0.25, -0.2) is 0 Å². The van der Waals surface area contributed by atoms with Crippen LogP contribution in [-0.2, 0) is 13.1 Å². The van der Waals surface area contributed by atoms with E-state index in [4.69, 9.17) is 0 Å². The first-order valence-corrected chi connectivity index (χ1v) is 6.67. The highest BCUT2D eigenvalue weighted by Crippen LogP contribution is 2.12. The summed E-state index contributed by atoms with van der Waals surface area (Å²) in [5.74, 6) is 0. The average Bonchev–Trinajstić information content (AvgIpc) is 2.39. The number of halogens is 1. The lowest BCUT2D eigenvalue weighted by molar-refractivity contribution is 0.727. The summed E-state index contributed by atoms with van der Waals surface area (Å²) in [7, 11) is 0. The summed E-state index contributed by atoms with van der Waals surface area (Å²) in [6.45, 7) is 3.39. The Morgan fingerprint density at radius 3 is 2.56 bits per heavy atom. The van der Waals surface area contributed by atoms with Crippen molar-refractivity contribution in [3.05, 3.63) is 63.0 Å². The Balaban J connectivity index is 2.06. The van der Waals surface area contributed by atoms with Crippen molar-refractivity contribution in [3.8, 4) is 0 Å². The van der Waals surface area contributed by atoms with Crippen LogP contribution in [0.4, 0.5) is 5.69 Å². The summed E-state index contributed by atoms with van der Waals surface area (Å²) >= 11 is 3.41. The summed E-state index contributed by atoms with van der Waals surface area (Å²) in [6.07, 6.45) is 1.85. The van der Waals surface area contributed by atoms with Gasteiger partial charge < -0.3 is 9.88 Å². The minimum Gasteiger partial charge on any atom is -0.380 e. The normalized spacial score (nSPS) is 10.3. The topological polar surface area (TPSA) is 34.0 Å². The highest BCUT2D eigenvalue weighted by Gasteiger charge is 1.97. The van der Waals surface area contributed by atoms with E-state index >= 15 is 0 Å². The smallest absolute Gasteiger partial charge is 0.250 e. The summed E-state index contributed by atoms with van der Waals surface area (Å²) in [4.78, 5) is 11.4. The molecule has 0 spiro atoms. The molecule has 0 aliphatic heterocycles. The zero-order valence-electron chi connectivity index (χ0n) is 10.2. The number of nitrogens with one attached hydrogen (secondary N) is 1. The molecule has 0 saturated carbocycles. The van der Waals surface area contributed by atoms with Crippen LogP contribution in [0.25, 0.3) is 0 Å². The maximum absolute atomic E-state index is 11.4. The standard InChI is InChI=1S/C14H15BrN2O/c1-2-17-10-13(7-8-14(17)18)16-9-11-3-5-12(15)6-4-11/h3-8,10,16H,2,9H2,1H3. The molecule has 0 unspecified atom stereocenters. The third-order valence-electron chi connectivity index (χ3n) is 2.73. The fraction of sp³-hybridized carbons (Fsp3) is 0.214. The number of aryl methyl sites for hydroxylation is 1. The first-order chi connectivity index (χ1) is 8.69. The van der Waals surface area contributed by atoms with Crippen molar-refractivity contribution in [1.29, 1.82) is 0 Å². The van der Waals surface area contributed by atoms with Crippen molar-refractivity contribution in [1.82, 2.24) is 4.57 Å². The van der Waals surface area contributed by atoms with Gasteiger partial charge >= 0.3 is 0 Å². The number of hydrogen-bond acceptors (Lipinski definition) is 2. The number of rotatable bonds is 4. The molecule has 2 rings (SSSR count). The molecule has 0 saturated heterocycles. The summed E-state index contributed by atoms with van der Waals surface area (Å²) < 4.78 is 2.76. The predicted octanol–water partition coefficient (Wildman–Crippen LogP) is 3.24. The van der Waals surface area contributed by atoms with E-state index in [1.807, 2.05) is 31.3 Å². The SMILES string of the molecule is CCn1cc(NCc2ccc(Br)cc2)ccc1=O. The molecule has 0 atom stereocenters. The van der Waals surface area contributed by atoms with Crippen molar-refractivity contribution >= 4 is 21.6 Å². The first-order valence-electron chi connectivity index (χ1n) is 5.88. The molecule has 4 heteroatoms. The molecule has 0 fully saturated rings. The van der Waals surface area contributed by atoms with Gasteiger partial charge in [0.15, 0.2) is 0 Å². The minimum absolute atomic E-state index is 0.0340. The third-order valence-corrected chi connectivity index (χ3v) is 3.26. The van der Waals surface area contributed by atoms with Crippen molar-refractivity contribution in [2.45, 2.75) is 20.0 Å². The number of benzene rings is 1. The Bertz CT molecular complexity index is 575. The van der Waals surface area contributed by atoms with Gasteiger partial charge in [-0.2, -0.15) is 0 Å². The molecule has 2 aromatic rings. The fourth-order valence-corrected chi connectivity index (χ4v) is 1.95. The Hall–Kier alpha value is -1.55. The number of pyridine rings is 1. The monoisotopic (exact) mass is 306 g/mol. The van der Waals surface area contributed by atoms with Crippen LogP contribution in [0, 0.1) is 0 Å². The van der Waals surface area contributed by atoms with Crippen LogP contribution in [0.15, 0.2) is 51.9 Å². The molecule has 94 valence electrons. The van der Waals surface area contributed by atoms with Crippen LogP contribution in [0.3, 0.4) is 0 Å². The number of nitrogens with zero attached hydrogens (tertiary/aromatic N) is 1. The van der Waals surface area contributed by atoms with Gasteiger partial charge in [0.25, 0.3) is 5.56 Å². The molecule has 3 nitrogen and oxygen atoms in total. The van der Waals surface area contributed by atoms with Gasteiger partial charge in [-0.05, 0) is 30.7 Å². The number of hydrogen-bond donors (Lipinski definition) is 1.